The molecular weight excluding hydrogens is 266 g/mol. The van der Waals surface area contributed by atoms with Crippen molar-refractivity contribution >= 4 is 5.78 Å². The van der Waals surface area contributed by atoms with E-state index in [4.69, 9.17) is 9.47 Å². The van der Waals surface area contributed by atoms with Crippen LogP contribution < -0.4 is 5.32 Å². The molecule has 0 aromatic rings. The van der Waals surface area contributed by atoms with Gasteiger partial charge in [0.15, 0.2) is 5.78 Å². The number of ether oxygens (including phenoxy) is 2. The van der Waals surface area contributed by atoms with Crippen molar-refractivity contribution < 1.29 is 14.3 Å². The fourth-order valence-electron chi connectivity index (χ4n) is 3.92. The van der Waals surface area contributed by atoms with E-state index >= 15 is 0 Å². The van der Waals surface area contributed by atoms with Crippen molar-refractivity contribution in [2.24, 2.45) is 11.8 Å². The highest BCUT2D eigenvalue weighted by Gasteiger charge is 2.38. The first kappa shape index (κ1) is 14.8. The summed E-state index contributed by atoms with van der Waals surface area (Å²) in [5.74, 6) is 1.99. The van der Waals surface area contributed by atoms with Crippen molar-refractivity contribution in [1.82, 2.24) is 5.32 Å². The Morgan fingerprint density at radius 3 is 2.67 bits per heavy atom. The summed E-state index contributed by atoms with van der Waals surface area (Å²) in [6.07, 6.45) is 7.06. The molecule has 0 radical (unpaired) electrons. The quantitative estimate of drug-likeness (QED) is 0.863. The van der Waals surface area contributed by atoms with Gasteiger partial charge < -0.3 is 14.8 Å². The fourth-order valence-corrected chi connectivity index (χ4v) is 3.92. The average Bonchev–Trinajstić information content (AvgIpc) is 2.82. The van der Waals surface area contributed by atoms with Gasteiger partial charge in [0.1, 0.15) is 11.9 Å². The summed E-state index contributed by atoms with van der Waals surface area (Å²) in [5, 5.41) is 3.39. The van der Waals surface area contributed by atoms with Crippen LogP contribution in [0.3, 0.4) is 0 Å². The third-order valence-corrected chi connectivity index (χ3v) is 5.14. The zero-order valence-corrected chi connectivity index (χ0v) is 13.0. The summed E-state index contributed by atoms with van der Waals surface area (Å²) in [6, 6.07) is 0. The van der Waals surface area contributed by atoms with Crippen LogP contribution in [0.2, 0.25) is 0 Å². The normalized spacial score (nSPS) is 30.4. The molecule has 0 amide bonds. The van der Waals surface area contributed by atoms with Crippen molar-refractivity contribution in [3.8, 4) is 0 Å². The lowest BCUT2D eigenvalue weighted by Crippen LogP contribution is -2.29. The van der Waals surface area contributed by atoms with Crippen LogP contribution in [0.25, 0.3) is 0 Å². The van der Waals surface area contributed by atoms with Gasteiger partial charge in [-0.2, -0.15) is 0 Å². The number of carbonyl (C=O) groups is 1. The second-order valence-electron chi connectivity index (χ2n) is 6.39. The van der Waals surface area contributed by atoms with E-state index in [1.54, 1.807) is 14.2 Å². The predicted molar refractivity (Wildman–Crippen MR) is 80.9 cm³/mol. The average molecular weight is 291 g/mol. The lowest BCUT2D eigenvalue weighted by Gasteiger charge is -2.24. The Morgan fingerprint density at radius 2 is 2.00 bits per heavy atom. The van der Waals surface area contributed by atoms with E-state index < -0.39 is 0 Å². The van der Waals surface area contributed by atoms with Gasteiger partial charge in [-0.15, -0.1) is 0 Å². The Labute approximate surface area is 126 Å². The number of Topliss-reactive ketones (excluding diaryl/α,β-unsaturated/α-hetero) is 1. The smallest absolute Gasteiger partial charge is 0.166 e. The number of carbonyl (C=O) groups excluding carboxylic acids is 1. The molecule has 3 aliphatic rings. The summed E-state index contributed by atoms with van der Waals surface area (Å²) in [6.45, 7) is 2.19. The molecular formula is C17H25NO3. The molecule has 2 unspecified atom stereocenters. The highest BCUT2D eigenvalue weighted by Crippen LogP contribution is 2.41. The molecule has 0 bridgehead atoms. The molecule has 1 saturated heterocycles. The molecule has 2 atom stereocenters. The SMILES string of the molecule is COC1=CC2=C(CC(CC3CCNCC3)C2=O)CC1OC. The Hall–Kier alpha value is -1.13. The van der Waals surface area contributed by atoms with E-state index in [1.807, 2.05) is 6.08 Å². The highest BCUT2D eigenvalue weighted by atomic mass is 16.5. The van der Waals surface area contributed by atoms with Crippen LogP contribution in [-0.2, 0) is 14.3 Å². The Bertz CT molecular complexity index is 474. The minimum absolute atomic E-state index is 0.0285. The van der Waals surface area contributed by atoms with Crippen molar-refractivity contribution in [3.63, 3.8) is 0 Å². The molecule has 0 aromatic heterocycles. The lowest BCUT2D eigenvalue weighted by atomic mass is 9.85. The Balaban J connectivity index is 1.69. The largest absolute Gasteiger partial charge is 0.498 e. The Kier molecular flexibility index (Phi) is 4.45. The van der Waals surface area contributed by atoms with Gasteiger partial charge in [0.25, 0.3) is 0 Å². The van der Waals surface area contributed by atoms with Gasteiger partial charge in [0.05, 0.1) is 7.11 Å². The molecule has 116 valence electrons. The number of rotatable bonds is 4. The summed E-state index contributed by atoms with van der Waals surface area (Å²) in [7, 11) is 3.35. The minimum atomic E-state index is -0.0285. The summed E-state index contributed by atoms with van der Waals surface area (Å²) >= 11 is 0. The van der Waals surface area contributed by atoms with Gasteiger partial charge in [0.2, 0.25) is 0 Å². The number of nitrogens with one attached hydrogen (secondary N) is 1. The molecule has 4 heteroatoms. The maximum atomic E-state index is 12.7. The highest BCUT2D eigenvalue weighted by molar-refractivity contribution is 6.03. The standard InChI is InChI=1S/C17H25NO3/c1-20-15-9-12-8-13(7-11-3-5-18-6-4-11)17(19)14(12)10-16(15)21-2/h10-11,13,15,18H,3-9H2,1-2H3. The Morgan fingerprint density at radius 1 is 1.24 bits per heavy atom. The molecule has 3 rings (SSSR count). The van der Waals surface area contributed by atoms with E-state index in [9.17, 15) is 4.79 Å². The monoisotopic (exact) mass is 291 g/mol. The van der Waals surface area contributed by atoms with E-state index in [0.29, 0.717) is 11.7 Å². The van der Waals surface area contributed by atoms with Crippen LogP contribution in [-0.4, -0.2) is 39.2 Å². The number of hydrogen-bond donors (Lipinski definition) is 1. The van der Waals surface area contributed by atoms with Gasteiger partial charge in [-0.25, -0.2) is 0 Å². The van der Waals surface area contributed by atoms with Gasteiger partial charge >= 0.3 is 0 Å². The maximum absolute atomic E-state index is 12.7. The van der Waals surface area contributed by atoms with Crippen LogP contribution in [0, 0.1) is 11.8 Å². The van der Waals surface area contributed by atoms with Crippen LogP contribution in [0.4, 0.5) is 0 Å². The minimum Gasteiger partial charge on any atom is -0.498 e. The molecule has 1 fully saturated rings. The van der Waals surface area contributed by atoms with Crippen molar-refractivity contribution in [3.05, 3.63) is 23.0 Å². The van der Waals surface area contributed by atoms with Gasteiger partial charge in [0, 0.05) is 25.0 Å². The fraction of sp³-hybridized carbons (Fsp3) is 0.706. The zero-order chi connectivity index (χ0) is 14.8. The maximum Gasteiger partial charge on any atom is 0.166 e. The molecule has 0 saturated carbocycles. The summed E-state index contributed by atoms with van der Waals surface area (Å²) in [4.78, 5) is 12.7. The summed E-state index contributed by atoms with van der Waals surface area (Å²) in [5.41, 5.74) is 2.17. The topological polar surface area (TPSA) is 47.6 Å². The van der Waals surface area contributed by atoms with Crippen LogP contribution >= 0.6 is 0 Å². The van der Waals surface area contributed by atoms with E-state index in [2.05, 4.69) is 5.32 Å². The van der Waals surface area contributed by atoms with Gasteiger partial charge in [-0.3, -0.25) is 4.79 Å². The molecule has 4 nitrogen and oxygen atoms in total. The predicted octanol–water partition coefficient (Wildman–Crippen LogP) is 2.21. The first-order chi connectivity index (χ1) is 10.2. The molecule has 2 aliphatic carbocycles. The molecule has 1 heterocycles. The second-order valence-corrected chi connectivity index (χ2v) is 6.39. The summed E-state index contributed by atoms with van der Waals surface area (Å²) < 4.78 is 10.9. The van der Waals surface area contributed by atoms with Crippen LogP contribution in [0.5, 0.6) is 0 Å². The van der Waals surface area contributed by atoms with E-state index in [-0.39, 0.29) is 12.0 Å². The number of piperidine rings is 1. The lowest BCUT2D eigenvalue weighted by molar-refractivity contribution is -0.118. The number of ketones is 1. The van der Waals surface area contributed by atoms with Crippen molar-refractivity contribution in [1.29, 1.82) is 0 Å². The number of hydrogen-bond acceptors (Lipinski definition) is 4. The number of methoxy groups -OCH3 is 2. The second kappa shape index (κ2) is 6.32. The van der Waals surface area contributed by atoms with Crippen molar-refractivity contribution in [2.75, 3.05) is 27.3 Å². The zero-order valence-electron chi connectivity index (χ0n) is 13.0. The first-order valence-corrected chi connectivity index (χ1v) is 7.98. The van der Waals surface area contributed by atoms with Crippen LogP contribution in [0.15, 0.2) is 23.0 Å². The van der Waals surface area contributed by atoms with E-state index in [1.165, 1.54) is 18.4 Å². The molecule has 0 aromatic carbocycles. The molecule has 21 heavy (non-hydrogen) atoms. The van der Waals surface area contributed by atoms with Gasteiger partial charge in [-0.05, 0) is 50.8 Å². The molecule has 1 N–H and O–H groups in total. The third-order valence-electron chi connectivity index (χ3n) is 5.14. The van der Waals surface area contributed by atoms with Crippen molar-refractivity contribution in [2.45, 2.75) is 38.2 Å². The van der Waals surface area contributed by atoms with Gasteiger partial charge in [-0.1, -0.05) is 5.57 Å². The van der Waals surface area contributed by atoms with Crippen LogP contribution in [0.1, 0.15) is 32.1 Å². The molecule has 0 spiro atoms. The van der Waals surface area contributed by atoms with E-state index in [0.717, 1.165) is 43.7 Å². The third kappa shape index (κ3) is 2.92. The first-order valence-electron chi connectivity index (χ1n) is 7.98. The molecule has 1 aliphatic heterocycles. The number of allylic oxidation sites excluding steroid dienone is 2.